The second-order valence-corrected chi connectivity index (χ2v) is 4.99. The fourth-order valence-electron chi connectivity index (χ4n) is 1.72. The van der Waals surface area contributed by atoms with Crippen LogP contribution in [0.4, 0.5) is 0 Å². The lowest BCUT2D eigenvalue weighted by atomic mass is 9.95. The van der Waals surface area contributed by atoms with Gasteiger partial charge >= 0.3 is 5.97 Å². The molecule has 2 heteroatoms. The molecule has 0 saturated carbocycles. The Balaban J connectivity index is 4.14. The Kier molecular flexibility index (Phi) is 8.83. The third kappa shape index (κ3) is 8.00. The van der Waals surface area contributed by atoms with Crippen LogP contribution in [0.15, 0.2) is 11.6 Å². The molecule has 0 aromatic carbocycles. The van der Waals surface area contributed by atoms with E-state index in [9.17, 15) is 4.79 Å². The van der Waals surface area contributed by atoms with E-state index >= 15 is 0 Å². The summed E-state index contributed by atoms with van der Waals surface area (Å²) in [6, 6.07) is 0. The number of unbranched alkanes of at least 4 members (excludes halogenated alkanes) is 1. The summed E-state index contributed by atoms with van der Waals surface area (Å²) in [4.78, 5) is 11.6. The Morgan fingerprint density at radius 1 is 1.29 bits per heavy atom. The maximum absolute atomic E-state index is 11.6. The average Bonchev–Trinajstić information content (AvgIpc) is 2.28. The number of esters is 1. The summed E-state index contributed by atoms with van der Waals surface area (Å²) in [5, 5.41) is 0. The van der Waals surface area contributed by atoms with Crippen LogP contribution in [-0.4, -0.2) is 12.1 Å². The van der Waals surface area contributed by atoms with Crippen LogP contribution in [0.25, 0.3) is 0 Å². The van der Waals surface area contributed by atoms with Gasteiger partial charge in [0.2, 0.25) is 0 Å². The van der Waals surface area contributed by atoms with Crippen LogP contribution in [0.5, 0.6) is 0 Å². The summed E-state index contributed by atoms with van der Waals surface area (Å²) in [5.41, 5.74) is 0.744. The van der Waals surface area contributed by atoms with Gasteiger partial charge in [-0.15, -0.1) is 0 Å². The minimum atomic E-state index is -0.176. The van der Waals surface area contributed by atoms with Crippen molar-refractivity contribution in [1.29, 1.82) is 0 Å². The van der Waals surface area contributed by atoms with Crippen LogP contribution in [0.3, 0.4) is 0 Å². The summed E-state index contributed by atoms with van der Waals surface area (Å²) in [6.45, 7) is 10.0. The fraction of sp³-hybridized carbons (Fsp3) is 0.800. The highest BCUT2D eigenvalue weighted by Crippen LogP contribution is 2.18. The molecule has 0 saturated heterocycles. The molecule has 0 aromatic rings. The van der Waals surface area contributed by atoms with Crippen LogP contribution in [0.1, 0.15) is 66.7 Å². The van der Waals surface area contributed by atoms with E-state index in [-0.39, 0.29) is 12.1 Å². The second-order valence-electron chi connectivity index (χ2n) is 4.99. The first-order chi connectivity index (χ1) is 8.01. The zero-order valence-corrected chi connectivity index (χ0v) is 12.1. The van der Waals surface area contributed by atoms with E-state index < -0.39 is 0 Å². The molecule has 0 heterocycles. The van der Waals surface area contributed by atoms with Crippen molar-refractivity contribution in [1.82, 2.24) is 0 Å². The van der Waals surface area contributed by atoms with Gasteiger partial charge in [0.15, 0.2) is 0 Å². The highest BCUT2D eigenvalue weighted by Gasteiger charge is 2.09. The lowest BCUT2D eigenvalue weighted by Gasteiger charge is -2.12. The van der Waals surface area contributed by atoms with Crippen LogP contribution < -0.4 is 0 Å². The molecule has 0 aliphatic heterocycles. The van der Waals surface area contributed by atoms with Gasteiger partial charge in [0.05, 0.1) is 6.10 Å². The Morgan fingerprint density at radius 3 is 2.41 bits per heavy atom. The van der Waals surface area contributed by atoms with Crippen molar-refractivity contribution < 1.29 is 9.53 Å². The third-order valence-corrected chi connectivity index (χ3v) is 2.97. The third-order valence-electron chi connectivity index (χ3n) is 2.97. The molecule has 17 heavy (non-hydrogen) atoms. The van der Waals surface area contributed by atoms with Gasteiger partial charge in [-0.3, -0.25) is 0 Å². The molecule has 0 aliphatic rings. The van der Waals surface area contributed by atoms with Crippen LogP contribution in [0.2, 0.25) is 0 Å². The van der Waals surface area contributed by atoms with Gasteiger partial charge in [-0.2, -0.15) is 0 Å². The van der Waals surface area contributed by atoms with E-state index in [0.29, 0.717) is 5.92 Å². The molecule has 0 aliphatic carbocycles. The number of ether oxygens (including phenoxy) is 1. The van der Waals surface area contributed by atoms with E-state index in [4.69, 9.17) is 4.74 Å². The quantitative estimate of drug-likeness (QED) is 0.461. The number of rotatable bonds is 8. The van der Waals surface area contributed by atoms with Crippen LogP contribution >= 0.6 is 0 Å². The lowest BCUT2D eigenvalue weighted by molar-refractivity contribution is -0.142. The van der Waals surface area contributed by atoms with E-state index in [2.05, 4.69) is 13.8 Å². The lowest BCUT2D eigenvalue weighted by Crippen LogP contribution is -2.12. The van der Waals surface area contributed by atoms with E-state index in [1.54, 1.807) is 0 Å². The smallest absolute Gasteiger partial charge is 0.333 e. The van der Waals surface area contributed by atoms with Gasteiger partial charge in [0, 0.05) is 5.57 Å². The topological polar surface area (TPSA) is 26.3 Å². The van der Waals surface area contributed by atoms with Crippen LogP contribution in [-0.2, 0) is 9.53 Å². The largest absolute Gasteiger partial charge is 0.460 e. The first-order valence-electron chi connectivity index (χ1n) is 6.88. The maximum atomic E-state index is 11.6. The molecule has 0 spiro atoms. The Bertz CT molecular complexity index is 241. The fourth-order valence-corrected chi connectivity index (χ4v) is 1.72. The monoisotopic (exact) mass is 240 g/mol. The molecule has 0 N–H and O–H groups in total. The van der Waals surface area contributed by atoms with E-state index in [1.165, 1.54) is 25.7 Å². The van der Waals surface area contributed by atoms with Crippen molar-refractivity contribution in [3.63, 3.8) is 0 Å². The zero-order valence-electron chi connectivity index (χ0n) is 12.1. The molecular weight excluding hydrogens is 212 g/mol. The van der Waals surface area contributed by atoms with Gasteiger partial charge in [-0.05, 0) is 33.1 Å². The average molecular weight is 240 g/mol. The molecular formula is C15H28O2. The number of hydrogen-bond acceptors (Lipinski definition) is 2. The normalized spacial score (nSPS) is 13.9. The van der Waals surface area contributed by atoms with E-state index in [1.807, 2.05) is 26.8 Å². The van der Waals surface area contributed by atoms with Crippen molar-refractivity contribution in [3.8, 4) is 0 Å². The van der Waals surface area contributed by atoms with Gasteiger partial charge in [-0.1, -0.05) is 45.6 Å². The second kappa shape index (κ2) is 9.26. The van der Waals surface area contributed by atoms with Crippen molar-refractivity contribution in [3.05, 3.63) is 11.6 Å². The first-order valence-corrected chi connectivity index (χ1v) is 6.88. The van der Waals surface area contributed by atoms with Crippen molar-refractivity contribution in [2.45, 2.75) is 72.8 Å². The maximum Gasteiger partial charge on any atom is 0.333 e. The van der Waals surface area contributed by atoms with E-state index in [0.717, 1.165) is 12.0 Å². The summed E-state index contributed by atoms with van der Waals surface area (Å²) in [5.74, 6) is 0.530. The SMILES string of the molecule is CCCCC(CC)CC=C(C)C(=O)OC(C)C. The van der Waals surface area contributed by atoms with Crippen molar-refractivity contribution in [2.24, 2.45) is 5.92 Å². The van der Waals surface area contributed by atoms with Crippen LogP contribution in [0, 0.1) is 5.92 Å². The number of allylic oxidation sites excluding steroid dienone is 1. The molecule has 1 unspecified atom stereocenters. The zero-order chi connectivity index (χ0) is 13.3. The van der Waals surface area contributed by atoms with Gasteiger partial charge in [0.1, 0.15) is 0 Å². The van der Waals surface area contributed by atoms with Gasteiger partial charge in [-0.25, -0.2) is 4.79 Å². The molecule has 0 rings (SSSR count). The molecule has 0 radical (unpaired) electrons. The molecule has 0 bridgehead atoms. The van der Waals surface area contributed by atoms with Gasteiger partial charge in [0.25, 0.3) is 0 Å². The Labute approximate surface area is 106 Å². The molecule has 0 amide bonds. The number of carbonyl (C=O) groups excluding carboxylic acids is 1. The Hall–Kier alpha value is -0.790. The highest BCUT2D eigenvalue weighted by atomic mass is 16.5. The minimum absolute atomic E-state index is 0.0343. The summed E-state index contributed by atoms with van der Waals surface area (Å²) < 4.78 is 5.15. The number of hydrogen-bond donors (Lipinski definition) is 0. The summed E-state index contributed by atoms with van der Waals surface area (Å²) >= 11 is 0. The summed E-state index contributed by atoms with van der Waals surface area (Å²) in [7, 11) is 0. The predicted octanol–water partition coefficient (Wildman–Crippen LogP) is 4.49. The summed E-state index contributed by atoms with van der Waals surface area (Å²) in [6.07, 6.45) is 7.97. The molecule has 2 nitrogen and oxygen atoms in total. The van der Waals surface area contributed by atoms with Gasteiger partial charge < -0.3 is 4.74 Å². The Morgan fingerprint density at radius 2 is 1.94 bits per heavy atom. The number of carbonyl (C=O) groups is 1. The van der Waals surface area contributed by atoms with Crippen molar-refractivity contribution in [2.75, 3.05) is 0 Å². The molecule has 0 fully saturated rings. The molecule has 100 valence electrons. The minimum Gasteiger partial charge on any atom is -0.460 e. The first kappa shape index (κ1) is 16.2. The highest BCUT2D eigenvalue weighted by molar-refractivity contribution is 5.87. The van der Waals surface area contributed by atoms with Crippen molar-refractivity contribution >= 4 is 5.97 Å². The molecule has 0 aromatic heterocycles. The predicted molar refractivity (Wildman–Crippen MR) is 72.9 cm³/mol. The standard InChI is InChI=1S/C15H28O2/c1-6-8-9-14(7-2)11-10-13(5)15(16)17-12(3)4/h10,12,14H,6-9,11H2,1-5H3. The molecule has 1 atom stereocenters.